The van der Waals surface area contributed by atoms with Gasteiger partial charge in [-0.3, -0.25) is 4.79 Å². The summed E-state index contributed by atoms with van der Waals surface area (Å²) in [6.07, 6.45) is -0.393. The lowest BCUT2D eigenvalue weighted by Crippen LogP contribution is -2.49. The van der Waals surface area contributed by atoms with Crippen LogP contribution in [0.3, 0.4) is 0 Å². The lowest BCUT2D eigenvalue weighted by molar-refractivity contribution is -0.131. The highest BCUT2D eigenvalue weighted by Crippen LogP contribution is 2.29. The third kappa shape index (κ3) is 3.97. The first-order chi connectivity index (χ1) is 16.3. The van der Waals surface area contributed by atoms with Crippen LogP contribution in [-0.2, 0) is 11.3 Å². The zero-order chi connectivity index (χ0) is 24.0. The van der Waals surface area contributed by atoms with Crippen LogP contribution in [0, 0.1) is 0 Å². The second-order valence-corrected chi connectivity index (χ2v) is 8.19. The zero-order valence-corrected chi connectivity index (χ0v) is 18.2. The fourth-order valence-corrected chi connectivity index (χ4v) is 4.21. The Morgan fingerprint density at radius 1 is 1.29 bits per heavy atom. The Kier molecular flexibility index (Phi) is 5.46. The fraction of sp³-hybridized carbons (Fsp3) is 0.381. The van der Waals surface area contributed by atoms with Crippen molar-refractivity contribution in [3.63, 3.8) is 0 Å². The van der Waals surface area contributed by atoms with Crippen molar-refractivity contribution in [2.24, 2.45) is 0 Å². The standard InChI is InChI=1S/C21H22F3N9O/c1-11(34)31-6-5-15(13(22)8-31)28-21-29-19(25)18-12(4-7-33(18)30-21)14-2-3-16-20(27-14)32(10-26-16)9-17(23)24/h2-4,7,10,13,15,17H,5-6,8-9H2,1H3,(H3,25,28,29,30)/t13-,15+/m1/s1. The molecule has 0 unspecified atom stereocenters. The first-order valence-electron chi connectivity index (χ1n) is 10.7. The van der Waals surface area contributed by atoms with Gasteiger partial charge in [-0.05, 0) is 24.6 Å². The third-order valence-corrected chi connectivity index (χ3v) is 5.91. The van der Waals surface area contributed by atoms with Crippen LogP contribution in [0.15, 0.2) is 30.7 Å². The smallest absolute Gasteiger partial charge is 0.256 e. The van der Waals surface area contributed by atoms with Crippen LogP contribution in [0.4, 0.5) is 24.9 Å². The number of nitrogen functional groups attached to an aromatic ring is 1. The molecular formula is C21H22F3N9O. The molecule has 1 amide bonds. The van der Waals surface area contributed by atoms with Crippen molar-refractivity contribution in [3.8, 4) is 11.3 Å². The Balaban J connectivity index is 1.44. The summed E-state index contributed by atoms with van der Waals surface area (Å²) in [5.74, 6) is 0.151. The van der Waals surface area contributed by atoms with E-state index in [0.29, 0.717) is 40.9 Å². The molecule has 0 spiro atoms. The van der Waals surface area contributed by atoms with Crippen LogP contribution in [0.25, 0.3) is 27.9 Å². The number of carbonyl (C=O) groups excluding carboxylic acids is 1. The summed E-state index contributed by atoms with van der Waals surface area (Å²) >= 11 is 0. The van der Waals surface area contributed by atoms with E-state index in [4.69, 9.17) is 5.73 Å². The van der Waals surface area contributed by atoms with Gasteiger partial charge < -0.3 is 20.5 Å². The number of pyridine rings is 1. The van der Waals surface area contributed by atoms with Gasteiger partial charge in [0.1, 0.15) is 17.2 Å². The number of halogens is 3. The van der Waals surface area contributed by atoms with Gasteiger partial charge in [-0.1, -0.05) is 0 Å². The van der Waals surface area contributed by atoms with E-state index in [1.54, 1.807) is 24.4 Å². The molecule has 0 bridgehead atoms. The first-order valence-corrected chi connectivity index (χ1v) is 10.7. The van der Waals surface area contributed by atoms with Gasteiger partial charge in [-0.15, -0.1) is 5.10 Å². The van der Waals surface area contributed by atoms with Crippen molar-refractivity contribution in [2.75, 3.05) is 24.1 Å². The highest BCUT2D eigenvalue weighted by Gasteiger charge is 2.31. The molecule has 13 heteroatoms. The van der Waals surface area contributed by atoms with Crippen LogP contribution < -0.4 is 11.1 Å². The van der Waals surface area contributed by atoms with Crippen molar-refractivity contribution in [1.29, 1.82) is 0 Å². The molecule has 1 aliphatic rings. The van der Waals surface area contributed by atoms with E-state index in [1.807, 2.05) is 0 Å². The van der Waals surface area contributed by atoms with Crippen molar-refractivity contribution < 1.29 is 18.0 Å². The largest absolute Gasteiger partial charge is 0.382 e. The maximum atomic E-state index is 14.6. The van der Waals surface area contributed by atoms with E-state index < -0.39 is 25.2 Å². The molecule has 1 saturated heterocycles. The van der Waals surface area contributed by atoms with Gasteiger partial charge in [0.2, 0.25) is 11.9 Å². The number of nitrogens with two attached hydrogens (primary N) is 1. The molecule has 0 radical (unpaired) electrons. The molecule has 3 N–H and O–H groups in total. The minimum absolute atomic E-state index is 0.00861. The molecule has 5 heterocycles. The Morgan fingerprint density at radius 3 is 2.85 bits per heavy atom. The second kappa shape index (κ2) is 8.47. The average molecular weight is 473 g/mol. The number of alkyl halides is 3. The predicted octanol–water partition coefficient (Wildman–Crippen LogP) is 2.36. The molecule has 34 heavy (non-hydrogen) atoms. The summed E-state index contributed by atoms with van der Waals surface area (Å²) in [4.78, 5) is 25.9. The lowest BCUT2D eigenvalue weighted by atomic mass is 10.0. The molecular weight excluding hydrogens is 451 g/mol. The van der Waals surface area contributed by atoms with Gasteiger partial charge in [-0.2, -0.15) is 4.98 Å². The fourth-order valence-electron chi connectivity index (χ4n) is 4.21. The number of anilines is 2. The molecule has 4 aromatic heterocycles. The number of amides is 1. The quantitative estimate of drug-likeness (QED) is 0.457. The van der Waals surface area contributed by atoms with Gasteiger partial charge in [0.05, 0.1) is 31.2 Å². The van der Waals surface area contributed by atoms with Gasteiger partial charge >= 0.3 is 0 Å². The van der Waals surface area contributed by atoms with Gasteiger partial charge in [0.15, 0.2) is 11.5 Å². The normalized spacial score (nSPS) is 18.8. The lowest BCUT2D eigenvalue weighted by Gasteiger charge is -2.34. The van der Waals surface area contributed by atoms with E-state index in [2.05, 4.69) is 25.4 Å². The minimum Gasteiger partial charge on any atom is -0.382 e. The summed E-state index contributed by atoms with van der Waals surface area (Å²) in [6, 6.07) is 4.61. The molecule has 10 nitrogen and oxygen atoms in total. The summed E-state index contributed by atoms with van der Waals surface area (Å²) in [6.45, 7) is 1.36. The monoisotopic (exact) mass is 473 g/mol. The van der Waals surface area contributed by atoms with Crippen molar-refractivity contribution in [1.82, 2.24) is 34.0 Å². The van der Waals surface area contributed by atoms with E-state index in [0.717, 1.165) is 0 Å². The molecule has 0 aromatic carbocycles. The predicted molar refractivity (Wildman–Crippen MR) is 119 cm³/mol. The van der Waals surface area contributed by atoms with Crippen LogP contribution in [0.1, 0.15) is 13.3 Å². The van der Waals surface area contributed by atoms with Crippen LogP contribution >= 0.6 is 0 Å². The maximum Gasteiger partial charge on any atom is 0.256 e. The molecule has 0 saturated carbocycles. The number of aromatic nitrogens is 6. The third-order valence-electron chi connectivity index (χ3n) is 5.91. The molecule has 2 atom stereocenters. The first kappa shape index (κ1) is 21.9. The van der Waals surface area contributed by atoms with Crippen LogP contribution in [-0.4, -0.2) is 71.7 Å². The number of hydrogen-bond acceptors (Lipinski definition) is 7. The Labute approximate surface area is 191 Å². The van der Waals surface area contributed by atoms with Crippen molar-refractivity contribution in [3.05, 3.63) is 30.7 Å². The summed E-state index contributed by atoms with van der Waals surface area (Å²) < 4.78 is 43.2. The highest BCUT2D eigenvalue weighted by atomic mass is 19.3. The molecule has 0 aliphatic carbocycles. The SMILES string of the molecule is CC(=O)N1CC[C@H](Nc2nc(N)c3c(-c4ccc5ncn(CC(F)F)c5n4)ccn3n2)[C@H](F)C1. The molecule has 4 aromatic rings. The second-order valence-electron chi connectivity index (χ2n) is 8.19. The molecule has 1 aliphatic heterocycles. The Bertz CT molecular complexity index is 1370. The molecule has 178 valence electrons. The Morgan fingerprint density at radius 2 is 2.12 bits per heavy atom. The number of nitrogens with zero attached hydrogens (tertiary/aromatic N) is 7. The average Bonchev–Trinajstić information content (AvgIpc) is 3.39. The summed E-state index contributed by atoms with van der Waals surface area (Å²) in [7, 11) is 0. The Hall–Kier alpha value is -3.90. The minimum atomic E-state index is -2.54. The van der Waals surface area contributed by atoms with Gasteiger partial charge in [0, 0.05) is 25.2 Å². The van der Waals surface area contributed by atoms with E-state index in [-0.39, 0.29) is 24.2 Å². The zero-order valence-electron chi connectivity index (χ0n) is 18.2. The summed E-state index contributed by atoms with van der Waals surface area (Å²) in [5, 5.41) is 7.38. The number of nitrogens with one attached hydrogen (secondary N) is 1. The number of piperidine rings is 1. The topological polar surface area (TPSA) is 119 Å². The van der Waals surface area contributed by atoms with E-state index >= 15 is 0 Å². The molecule has 5 rings (SSSR count). The number of rotatable bonds is 5. The maximum absolute atomic E-state index is 14.6. The highest BCUT2D eigenvalue weighted by molar-refractivity contribution is 5.88. The number of imidazole rings is 1. The van der Waals surface area contributed by atoms with Crippen molar-refractivity contribution >= 4 is 34.4 Å². The number of hydrogen-bond donors (Lipinski definition) is 2. The summed E-state index contributed by atoms with van der Waals surface area (Å²) in [5.41, 5.74) is 8.67. The van der Waals surface area contributed by atoms with Gasteiger partial charge in [0.25, 0.3) is 6.43 Å². The van der Waals surface area contributed by atoms with Crippen molar-refractivity contribution in [2.45, 2.75) is 38.5 Å². The number of fused-ring (bicyclic) bond motifs is 2. The van der Waals surface area contributed by atoms with E-state index in [1.165, 1.54) is 27.2 Å². The van der Waals surface area contributed by atoms with Crippen LogP contribution in [0.2, 0.25) is 0 Å². The van der Waals surface area contributed by atoms with Crippen LogP contribution in [0.5, 0.6) is 0 Å². The number of carbonyl (C=O) groups is 1. The van der Waals surface area contributed by atoms with Gasteiger partial charge in [-0.25, -0.2) is 27.7 Å². The number of likely N-dealkylation sites (tertiary alicyclic amines) is 1. The molecule has 1 fully saturated rings. The van der Waals surface area contributed by atoms with E-state index in [9.17, 15) is 18.0 Å².